The second-order valence-corrected chi connectivity index (χ2v) is 6.01. The fourth-order valence-electron chi connectivity index (χ4n) is 2.00. The van der Waals surface area contributed by atoms with E-state index in [9.17, 15) is 4.79 Å². The van der Waals surface area contributed by atoms with Gasteiger partial charge in [0.2, 0.25) is 22.9 Å². The average molecular weight is 359 g/mol. The first-order valence-electron chi connectivity index (χ1n) is 7.43. The van der Waals surface area contributed by atoms with E-state index in [0.717, 1.165) is 0 Å². The van der Waals surface area contributed by atoms with Crippen molar-refractivity contribution in [1.29, 1.82) is 0 Å². The summed E-state index contributed by atoms with van der Waals surface area (Å²) in [6.07, 6.45) is 1.57. The normalized spacial score (nSPS) is 11.5. The quantitative estimate of drug-likeness (QED) is 0.535. The Morgan fingerprint density at radius 2 is 2.28 bits per heavy atom. The standard InChI is InChI=1S/C16H17N5O3S/c1-10(22)18-8-11-5-6-13(24-11)12-9-25-16(19-12)20-15(17)21(2)14-4-3-7-23-14/h3-7,9H,8H2,1-2H3,(H,18,22)(H2,17,19,20). The molecular formula is C16H17N5O3S. The summed E-state index contributed by atoms with van der Waals surface area (Å²) in [6.45, 7) is 1.80. The summed E-state index contributed by atoms with van der Waals surface area (Å²) in [6, 6.07) is 7.16. The molecule has 1 amide bonds. The van der Waals surface area contributed by atoms with Crippen LogP contribution in [0.3, 0.4) is 0 Å². The van der Waals surface area contributed by atoms with Gasteiger partial charge in [0.1, 0.15) is 11.5 Å². The van der Waals surface area contributed by atoms with Crippen LogP contribution in [0.4, 0.5) is 11.0 Å². The summed E-state index contributed by atoms with van der Waals surface area (Å²) < 4.78 is 10.9. The van der Waals surface area contributed by atoms with Gasteiger partial charge in [-0.05, 0) is 18.2 Å². The summed E-state index contributed by atoms with van der Waals surface area (Å²) in [5.74, 6) is 2.00. The Balaban J connectivity index is 1.72. The summed E-state index contributed by atoms with van der Waals surface area (Å²) >= 11 is 1.35. The third-order valence-corrected chi connectivity index (χ3v) is 4.04. The number of nitrogens with one attached hydrogen (secondary N) is 1. The number of thiazole rings is 1. The predicted molar refractivity (Wildman–Crippen MR) is 95.7 cm³/mol. The van der Waals surface area contributed by atoms with Gasteiger partial charge < -0.3 is 19.9 Å². The summed E-state index contributed by atoms with van der Waals surface area (Å²) in [4.78, 5) is 21.3. The highest BCUT2D eigenvalue weighted by atomic mass is 32.1. The fourth-order valence-corrected chi connectivity index (χ4v) is 2.68. The third-order valence-electron chi connectivity index (χ3n) is 3.31. The lowest BCUT2D eigenvalue weighted by molar-refractivity contribution is -0.119. The van der Waals surface area contributed by atoms with E-state index in [0.29, 0.717) is 34.8 Å². The second-order valence-electron chi connectivity index (χ2n) is 5.17. The number of carbonyl (C=O) groups excluding carboxylic acids is 1. The molecule has 3 rings (SSSR count). The fraction of sp³-hybridized carbons (Fsp3) is 0.188. The number of carbonyl (C=O) groups is 1. The highest BCUT2D eigenvalue weighted by molar-refractivity contribution is 7.13. The smallest absolute Gasteiger partial charge is 0.217 e. The summed E-state index contributed by atoms with van der Waals surface area (Å²) in [5, 5.41) is 5.02. The number of nitrogens with two attached hydrogens (primary N) is 1. The first-order valence-corrected chi connectivity index (χ1v) is 8.31. The highest BCUT2D eigenvalue weighted by Gasteiger charge is 2.12. The number of aromatic nitrogens is 1. The van der Waals surface area contributed by atoms with Crippen LogP contribution in [0.1, 0.15) is 12.7 Å². The number of guanidine groups is 1. The van der Waals surface area contributed by atoms with Gasteiger partial charge in [-0.1, -0.05) is 0 Å². The number of hydrogen-bond acceptors (Lipinski definition) is 6. The molecule has 0 aliphatic heterocycles. The minimum atomic E-state index is -0.112. The van der Waals surface area contributed by atoms with Crippen molar-refractivity contribution in [2.75, 3.05) is 11.9 Å². The van der Waals surface area contributed by atoms with E-state index in [1.54, 1.807) is 42.5 Å². The molecule has 3 N–H and O–H groups in total. The van der Waals surface area contributed by atoms with Gasteiger partial charge in [-0.15, -0.1) is 11.3 Å². The lowest BCUT2D eigenvalue weighted by Crippen LogP contribution is -2.33. The molecule has 3 heterocycles. The van der Waals surface area contributed by atoms with Crippen LogP contribution in [0.15, 0.2) is 49.7 Å². The molecule has 130 valence electrons. The van der Waals surface area contributed by atoms with Gasteiger partial charge in [0.15, 0.2) is 5.76 Å². The number of furan rings is 2. The first-order chi connectivity index (χ1) is 12.0. The van der Waals surface area contributed by atoms with Crippen LogP contribution in [0.2, 0.25) is 0 Å². The van der Waals surface area contributed by atoms with Gasteiger partial charge in [-0.2, -0.15) is 4.99 Å². The van der Waals surface area contributed by atoms with Gasteiger partial charge in [0.05, 0.1) is 12.8 Å². The van der Waals surface area contributed by atoms with Crippen molar-refractivity contribution in [3.8, 4) is 11.5 Å². The van der Waals surface area contributed by atoms with E-state index in [-0.39, 0.29) is 11.9 Å². The van der Waals surface area contributed by atoms with Crippen molar-refractivity contribution < 1.29 is 13.6 Å². The van der Waals surface area contributed by atoms with E-state index in [1.165, 1.54) is 18.3 Å². The monoisotopic (exact) mass is 359 g/mol. The molecule has 0 aliphatic carbocycles. The maximum absolute atomic E-state index is 10.9. The minimum Gasteiger partial charge on any atom is -0.458 e. The molecule has 0 atom stereocenters. The molecule has 0 aliphatic rings. The number of aliphatic imine (C=N–C) groups is 1. The number of hydrogen-bond donors (Lipinski definition) is 2. The Morgan fingerprint density at radius 3 is 3.00 bits per heavy atom. The van der Waals surface area contributed by atoms with Gasteiger partial charge in [-0.25, -0.2) is 4.98 Å². The third kappa shape index (κ3) is 4.07. The van der Waals surface area contributed by atoms with Gasteiger partial charge in [0, 0.05) is 25.4 Å². The van der Waals surface area contributed by atoms with Crippen molar-refractivity contribution in [3.63, 3.8) is 0 Å². The number of anilines is 1. The van der Waals surface area contributed by atoms with E-state index < -0.39 is 0 Å². The molecule has 9 heteroatoms. The van der Waals surface area contributed by atoms with Crippen LogP contribution in [0.5, 0.6) is 0 Å². The number of nitrogens with zero attached hydrogens (tertiary/aromatic N) is 3. The zero-order valence-corrected chi connectivity index (χ0v) is 14.5. The Bertz CT molecular complexity index is 881. The lowest BCUT2D eigenvalue weighted by Gasteiger charge is -2.13. The summed E-state index contributed by atoms with van der Waals surface area (Å²) in [7, 11) is 1.76. The lowest BCUT2D eigenvalue weighted by atomic mass is 10.3. The van der Waals surface area contributed by atoms with Crippen LogP contribution in [-0.2, 0) is 11.3 Å². The maximum atomic E-state index is 10.9. The largest absolute Gasteiger partial charge is 0.458 e. The molecule has 3 aromatic heterocycles. The maximum Gasteiger partial charge on any atom is 0.217 e. The molecule has 8 nitrogen and oxygen atoms in total. The SMILES string of the molecule is CC(=O)NCc1ccc(-c2csc(N=C(N)N(C)c3ccco3)n2)o1. The molecule has 0 bridgehead atoms. The van der Waals surface area contributed by atoms with Crippen LogP contribution < -0.4 is 16.0 Å². The van der Waals surface area contributed by atoms with E-state index in [2.05, 4.69) is 15.3 Å². The first kappa shape index (κ1) is 16.8. The molecule has 0 radical (unpaired) electrons. The molecular weight excluding hydrogens is 342 g/mol. The highest BCUT2D eigenvalue weighted by Crippen LogP contribution is 2.28. The van der Waals surface area contributed by atoms with Gasteiger partial charge in [-0.3, -0.25) is 9.69 Å². The molecule has 0 spiro atoms. The zero-order valence-electron chi connectivity index (χ0n) is 13.7. The Labute approximate surface area is 148 Å². The number of amides is 1. The van der Waals surface area contributed by atoms with Crippen LogP contribution in [0, 0.1) is 0 Å². The minimum absolute atomic E-state index is 0.112. The van der Waals surface area contributed by atoms with Crippen molar-refractivity contribution >= 4 is 34.2 Å². The molecule has 3 aromatic rings. The molecule has 0 unspecified atom stereocenters. The van der Waals surface area contributed by atoms with E-state index in [4.69, 9.17) is 14.6 Å². The average Bonchev–Trinajstić information content (AvgIpc) is 3.32. The van der Waals surface area contributed by atoms with Crippen LogP contribution in [-0.4, -0.2) is 23.9 Å². The predicted octanol–water partition coefficient (Wildman–Crippen LogP) is 2.71. The van der Waals surface area contributed by atoms with E-state index >= 15 is 0 Å². The summed E-state index contributed by atoms with van der Waals surface area (Å²) in [5.41, 5.74) is 6.64. The number of rotatable bonds is 5. The van der Waals surface area contributed by atoms with Crippen molar-refractivity contribution in [1.82, 2.24) is 10.3 Å². The zero-order chi connectivity index (χ0) is 17.8. The van der Waals surface area contributed by atoms with E-state index in [1.807, 2.05) is 5.38 Å². The Kier molecular flexibility index (Phi) is 4.85. The topological polar surface area (TPSA) is 110 Å². The molecule has 0 saturated carbocycles. The Morgan fingerprint density at radius 1 is 1.44 bits per heavy atom. The molecule has 0 aromatic carbocycles. The molecule has 0 fully saturated rings. The Hall–Kier alpha value is -3.07. The van der Waals surface area contributed by atoms with Crippen molar-refractivity contribution in [2.24, 2.45) is 10.7 Å². The second kappa shape index (κ2) is 7.22. The van der Waals surface area contributed by atoms with Crippen molar-refractivity contribution in [2.45, 2.75) is 13.5 Å². The molecule has 25 heavy (non-hydrogen) atoms. The van der Waals surface area contributed by atoms with Crippen LogP contribution >= 0.6 is 11.3 Å². The van der Waals surface area contributed by atoms with Gasteiger partial charge in [0.25, 0.3) is 0 Å². The van der Waals surface area contributed by atoms with Crippen LogP contribution in [0.25, 0.3) is 11.5 Å². The molecule has 0 saturated heterocycles. The van der Waals surface area contributed by atoms with Gasteiger partial charge >= 0.3 is 0 Å². The van der Waals surface area contributed by atoms with Crippen molar-refractivity contribution in [3.05, 3.63) is 41.7 Å².